The molecule has 0 atom stereocenters. The molecule has 0 amide bonds. The number of nitrogens with one attached hydrogen (secondary N) is 1. The molecule has 1 aromatic heterocycles. The van der Waals surface area contributed by atoms with E-state index in [1.54, 1.807) is 6.07 Å². The van der Waals surface area contributed by atoms with Gasteiger partial charge in [-0.05, 0) is 53.9 Å². The highest BCUT2D eigenvalue weighted by Gasteiger charge is 2.29. The predicted molar refractivity (Wildman–Crippen MR) is 86.3 cm³/mol. The lowest BCUT2D eigenvalue weighted by Gasteiger charge is -2.12. The average molecular weight is 371 g/mol. The maximum atomic E-state index is 13.2. The van der Waals surface area contributed by atoms with Crippen LogP contribution in [0.4, 0.5) is 10.2 Å². The van der Waals surface area contributed by atoms with Crippen LogP contribution < -0.4 is 5.32 Å². The van der Waals surface area contributed by atoms with Crippen LogP contribution in [-0.4, -0.2) is 16.5 Å². The Hall–Kier alpha value is -1.20. The molecule has 1 aliphatic rings. The Morgan fingerprint density at radius 2 is 2.14 bits per heavy atom. The lowest BCUT2D eigenvalue weighted by Crippen LogP contribution is -2.06. The molecule has 110 valence electrons. The van der Waals surface area contributed by atoms with Crippen molar-refractivity contribution in [2.24, 2.45) is 0 Å². The Morgan fingerprint density at radius 3 is 2.76 bits per heavy atom. The number of anilines is 1. The first-order valence-corrected chi connectivity index (χ1v) is 8.04. The lowest BCUT2D eigenvalue weighted by atomic mass is 10.2. The van der Waals surface area contributed by atoms with Crippen molar-refractivity contribution >= 4 is 33.3 Å². The Bertz CT molecular complexity index is 689. The molecule has 0 aliphatic heterocycles. The van der Waals surface area contributed by atoms with Crippen LogP contribution in [0.5, 0.6) is 0 Å². The summed E-state index contributed by atoms with van der Waals surface area (Å²) in [5.41, 5.74) is 1.64. The molecule has 1 saturated carbocycles. The van der Waals surface area contributed by atoms with Crippen molar-refractivity contribution < 1.29 is 4.39 Å². The standard InChI is InChI=1S/C15H14BrClFN3/c1-2-19-15-12(16)13(8-3-4-8)20-14(21-15)10-6-5-9(18)7-11(10)17/h5-8H,2-4H2,1H3,(H,19,20,21). The summed E-state index contributed by atoms with van der Waals surface area (Å²) in [6.07, 6.45) is 2.27. The van der Waals surface area contributed by atoms with Crippen LogP contribution in [0.15, 0.2) is 22.7 Å². The first kappa shape index (κ1) is 14.7. The number of rotatable bonds is 4. The smallest absolute Gasteiger partial charge is 0.163 e. The van der Waals surface area contributed by atoms with Gasteiger partial charge in [0.2, 0.25) is 0 Å². The summed E-state index contributed by atoms with van der Waals surface area (Å²) >= 11 is 9.71. The van der Waals surface area contributed by atoms with E-state index in [0.717, 1.165) is 35.4 Å². The molecule has 1 fully saturated rings. The van der Waals surface area contributed by atoms with Crippen molar-refractivity contribution in [3.8, 4) is 11.4 Å². The summed E-state index contributed by atoms with van der Waals surface area (Å²) in [6.45, 7) is 2.77. The molecule has 0 saturated heterocycles. The van der Waals surface area contributed by atoms with Gasteiger partial charge in [-0.1, -0.05) is 11.6 Å². The van der Waals surface area contributed by atoms with Gasteiger partial charge in [-0.2, -0.15) is 0 Å². The molecule has 1 heterocycles. The molecule has 21 heavy (non-hydrogen) atoms. The van der Waals surface area contributed by atoms with Crippen molar-refractivity contribution in [1.29, 1.82) is 0 Å². The zero-order valence-electron chi connectivity index (χ0n) is 11.5. The topological polar surface area (TPSA) is 37.8 Å². The minimum absolute atomic E-state index is 0.321. The van der Waals surface area contributed by atoms with E-state index in [-0.39, 0.29) is 5.82 Å². The fourth-order valence-electron chi connectivity index (χ4n) is 2.17. The molecular weight excluding hydrogens is 357 g/mol. The second-order valence-electron chi connectivity index (χ2n) is 5.02. The Kier molecular flexibility index (Phi) is 4.13. The Labute approximate surface area is 136 Å². The zero-order chi connectivity index (χ0) is 15.0. The number of hydrogen-bond acceptors (Lipinski definition) is 3. The molecular formula is C15H14BrClFN3. The van der Waals surface area contributed by atoms with Crippen molar-refractivity contribution in [2.75, 3.05) is 11.9 Å². The van der Waals surface area contributed by atoms with Crippen LogP contribution in [0.2, 0.25) is 5.02 Å². The highest BCUT2D eigenvalue weighted by atomic mass is 79.9. The van der Waals surface area contributed by atoms with Crippen LogP contribution in [0.3, 0.4) is 0 Å². The van der Waals surface area contributed by atoms with Crippen LogP contribution >= 0.6 is 27.5 Å². The van der Waals surface area contributed by atoms with E-state index in [2.05, 4.69) is 31.2 Å². The summed E-state index contributed by atoms with van der Waals surface area (Å²) < 4.78 is 14.1. The van der Waals surface area contributed by atoms with Crippen LogP contribution in [0, 0.1) is 5.82 Å². The van der Waals surface area contributed by atoms with Crippen molar-refractivity contribution in [3.05, 3.63) is 39.2 Å². The molecule has 3 nitrogen and oxygen atoms in total. The molecule has 2 aromatic rings. The van der Waals surface area contributed by atoms with Crippen molar-refractivity contribution in [1.82, 2.24) is 9.97 Å². The van der Waals surface area contributed by atoms with Gasteiger partial charge >= 0.3 is 0 Å². The monoisotopic (exact) mass is 369 g/mol. The van der Waals surface area contributed by atoms with Crippen molar-refractivity contribution in [3.63, 3.8) is 0 Å². The number of aromatic nitrogens is 2. The maximum Gasteiger partial charge on any atom is 0.163 e. The second-order valence-corrected chi connectivity index (χ2v) is 6.22. The van der Waals surface area contributed by atoms with Gasteiger partial charge in [0, 0.05) is 18.0 Å². The molecule has 3 rings (SSSR count). The van der Waals surface area contributed by atoms with Gasteiger partial charge in [-0.15, -0.1) is 0 Å². The van der Waals surface area contributed by atoms with Gasteiger partial charge in [0.25, 0.3) is 0 Å². The maximum absolute atomic E-state index is 13.2. The summed E-state index contributed by atoms with van der Waals surface area (Å²) in [4.78, 5) is 9.15. The fourth-order valence-corrected chi connectivity index (χ4v) is 3.06. The number of nitrogens with zero attached hydrogens (tertiary/aromatic N) is 2. The first-order valence-electron chi connectivity index (χ1n) is 6.87. The van der Waals surface area contributed by atoms with Gasteiger partial charge in [0.05, 0.1) is 15.2 Å². The molecule has 0 spiro atoms. The van der Waals surface area contributed by atoms with Gasteiger partial charge in [0.15, 0.2) is 5.82 Å². The van der Waals surface area contributed by atoms with Crippen LogP contribution in [0.1, 0.15) is 31.4 Å². The van der Waals surface area contributed by atoms with E-state index < -0.39 is 0 Å². The number of hydrogen-bond donors (Lipinski definition) is 1. The SMILES string of the molecule is CCNc1nc(-c2ccc(F)cc2Cl)nc(C2CC2)c1Br. The minimum atomic E-state index is -0.366. The highest BCUT2D eigenvalue weighted by Crippen LogP contribution is 2.44. The first-order chi connectivity index (χ1) is 10.1. The Balaban J connectivity index is 2.13. The largest absolute Gasteiger partial charge is 0.369 e. The van der Waals surface area contributed by atoms with E-state index in [1.165, 1.54) is 12.1 Å². The summed E-state index contributed by atoms with van der Waals surface area (Å²) in [6, 6.07) is 4.27. The van der Waals surface area contributed by atoms with E-state index in [4.69, 9.17) is 11.6 Å². The molecule has 0 unspecified atom stereocenters. The third-order valence-electron chi connectivity index (χ3n) is 3.36. The van der Waals surface area contributed by atoms with Gasteiger partial charge in [0.1, 0.15) is 11.6 Å². The highest BCUT2D eigenvalue weighted by molar-refractivity contribution is 9.10. The van der Waals surface area contributed by atoms with E-state index in [1.807, 2.05) is 6.92 Å². The van der Waals surface area contributed by atoms with Gasteiger partial charge < -0.3 is 5.32 Å². The molecule has 0 bridgehead atoms. The number of halogens is 3. The van der Waals surface area contributed by atoms with Crippen LogP contribution in [-0.2, 0) is 0 Å². The number of benzene rings is 1. The zero-order valence-corrected chi connectivity index (χ0v) is 13.8. The average Bonchev–Trinajstić information content (AvgIpc) is 3.26. The predicted octanol–water partition coefficient (Wildman–Crippen LogP) is 5.01. The van der Waals surface area contributed by atoms with Crippen LogP contribution in [0.25, 0.3) is 11.4 Å². The summed E-state index contributed by atoms with van der Waals surface area (Å²) in [5, 5.41) is 3.55. The Morgan fingerprint density at radius 1 is 1.38 bits per heavy atom. The van der Waals surface area contributed by atoms with Crippen molar-refractivity contribution in [2.45, 2.75) is 25.7 Å². The van der Waals surface area contributed by atoms with Gasteiger partial charge in [-0.25, -0.2) is 14.4 Å². The molecule has 1 aromatic carbocycles. The third kappa shape index (κ3) is 3.04. The molecule has 1 N–H and O–H groups in total. The van der Waals surface area contributed by atoms with E-state index in [0.29, 0.717) is 22.3 Å². The molecule has 0 radical (unpaired) electrons. The summed E-state index contributed by atoms with van der Waals surface area (Å²) in [7, 11) is 0. The summed E-state index contributed by atoms with van der Waals surface area (Å²) in [5.74, 6) is 1.39. The molecule has 1 aliphatic carbocycles. The quantitative estimate of drug-likeness (QED) is 0.822. The minimum Gasteiger partial charge on any atom is -0.369 e. The second kappa shape index (κ2) is 5.89. The fraction of sp³-hybridized carbons (Fsp3) is 0.333. The van der Waals surface area contributed by atoms with E-state index >= 15 is 0 Å². The van der Waals surface area contributed by atoms with E-state index in [9.17, 15) is 4.39 Å². The van der Waals surface area contributed by atoms with Gasteiger partial charge in [-0.3, -0.25) is 0 Å². The molecule has 6 heteroatoms. The normalized spacial score (nSPS) is 14.3. The third-order valence-corrected chi connectivity index (χ3v) is 4.45. The lowest BCUT2D eigenvalue weighted by molar-refractivity contribution is 0.628.